The van der Waals surface area contributed by atoms with Gasteiger partial charge in [-0.2, -0.15) is 0 Å². The number of halogens is 1. The smallest absolute Gasteiger partial charge is 0.0406 e. The summed E-state index contributed by atoms with van der Waals surface area (Å²) in [5.41, 5.74) is 1.70. The highest BCUT2D eigenvalue weighted by Crippen LogP contribution is 2.24. The van der Waals surface area contributed by atoms with Gasteiger partial charge in [-0.15, -0.1) is 0 Å². The molecule has 1 aromatic rings. The van der Waals surface area contributed by atoms with Crippen molar-refractivity contribution in [2.75, 3.05) is 6.54 Å². The molecule has 0 saturated carbocycles. The molecule has 1 unspecified atom stereocenters. The van der Waals surface area contributed by atoms with E-state index in [9.17, 15) is 0 Å². The predicted molar refractivity (Wildman–Crippen MR) is 81.2 cm³/mol. The van der Waals surface area contributed by atoms with Crippen LogP contribution >= 0.6 is 11.6 Å². The normalized spacial score (nSPS) is 13.6. The zero-order valence-electron chi connectivity index (χ0n) is 12.1. The van der Waals surface area contributed by atoms with Gasteiger partial charge in [-0.1, -0.05) is 57.8 Å². The zero-order valence-corrected chi connectivity index (χ0v) is 12.8. The lowest BCUT2D eigenvalue weighted by molar-refractivity contribution is 0.304. The minimum atomic E-state index is 0.360. The lowest BCUT2D eigenvalue weighted by Gasteiger charge is -2.27. The second-order valence-electron chi connectivity index (χ2n) is 5.79. The molecule has 0 amide bonds. The third-order valence-corrected chi connectivity index (χ3v) is 3.89. The Kier molecular flexibility index (Phi) is 6.17. The van der Waals surface area contributed by atoms with Gasteiger partial charge in [0.15, 0.2) is 0 Å². The van der Waals surface area contributed by atoms with Crippen LogP contribution in [0.25, 0.3) is 0 Å². The largest absolute Gasteiger partial charge is 0.309 e. The van der Waals surface area contributed by atoms with Crippen molar-refractivity contribution in [2.24, 2.45) is 5.41 Å². The molecule has 0 aliphatic heterocycles. The van der Waals surface area contributed by atoms with Crippen LogP contribution in [-0.2, 0) is 0 Å². The fourth-order valence-corrected chi connectivity index (χ4v) is 2.02. The van der Waals surface area contributed by atoms with Gasteiger partial charge in [-0.05, 0) is 36.0 Å². The predicted octanol–water partition coefficient (Wildman–Crippen LogP) is 5.21. The minimum absolute atomic E-state index is 0.360. The van der Waals surface area contributed by atoms with Crippen LogP contribution in [0.5, 0.6) is 0 Å². The van der Waals surface area contributed by atoms with Gasteiger partial charge < -0.3 is 5.32 Å². The molecule has 102 valence electrons. The first kappa shape index (κ1) is 15.5. The van der Waals surface area contributed by atoms with E-state index >= 15 is 0 Å². The van der Waals surface area contributed by atoms with Crippen molar-refractivity contribution in [2.45, 2.75) is 53.0 Å². The molecule has 0 aliphatic carbocycles. The van der Waals surface area contributed by atoms with Crippen molar-refractivity contribution < 1.29 is 0 Å². The van der Waals surface area contributed by atoms with Crippen LogP contribution in [0, 0.1) is 5.41 Å². The molecular formula is C16H26ClN. The van der Waals surface area contributed by atoms with Crippen molar-refractivity contribution in [3.05, 3.63) is 34.9 Å². The highest BCUT2D eigenvalue weighted by Gasteiger charge is 2.18. The molecule has 1 aromatic carbocycles. The van der Waals surface area contributed by atoms with Crippen LogP contribution in [0.1, 0.15) is 58.6 Å². The highest BCUT2D eigenvalue weighted by molar-refractivity contribution is 6.30. The van der Waals surface area contributed by atoms with Crippen LogP contribution in [0.3, 0.4) is 0 Å². The summed E-state index contributed by atoms with van der Waals surface area (Å²) >= 11 is 5.95. The summed E-state index contributed by atoms with van der Waals surface area (Å²) in [6, 6.07) is 8.67. The Bertz CT molecular complexity index is 343. The first-order chi connectivity index (χ1) is 8.48. The topological polar surface area (TPSA) is 12.0 Å². The fourth-order valence-electron chi connectivity index (χ4n) is 1.89. The van der Waals surface area contributed by atoms with E-state index in [0.717, 1.165) is 11.6 Å². The Morgan fingerprint density at radius 2 is 1.78 bits per heavy atom. The molecule has 18 heavy (non-hydrogen) atoms. The molecule has 0 fully saturated rings. The average Bonchev–Trinajstić information content (AvgIpc) is 2.36. The third-order valence-electron chi connectivity index (χ3n) is 3.63. The Balaban J connectivity index is 2.68. The van der Waals surface area contributed by atoms with Crippen molar-refractivity contribution in [3.63, 3.8) is 0 Å². The van der Waals surface area contributed by atoms with E-state index in [1.165, 1.54) is 24.8 Å². The van der Waals surface area contributed by atoms with E-state index in [2.05, 4.69) is 45.1 Å². The monoisotopic (exact) mass is 267 g/mol. The molecule has 0 aliphatic rings. The first-order valence-corrected chi connectivity index (χ1v) is 7.35. The summed E-state index contributed by atoms with van der Waals surface area (Å²) in [5.74, 6) is 0. The molecule has 0 saturated heterocycles. The van der Waals surface area contributed by atoms with Gasteiger partial charge >= 0.3 is 0 Å². The average molecular weight is 268 g/mol. The molecule has 0 aromatic heterocycles. The maximum absolute atomic E-state index is 5.95. The molecule has 1 atom stereocenters. The quantitative estimate of drug-likeness (QED) is 0.715. The number of nitrogens with one attached hydrogen (secondary N) is 1. The summed E-state index contributed by atoms with van der Waals surface area (Å²) in [6.45, 7) is 10.2. The summed E-state index contributed by atoms with van der Waals surface area (Å²) in [4.78, 5) is 0. The standard InChI is InChI=1S/C16H26ClN/c1-5-7-15(18-12-16(3,4)6-2)13-8-10-14(17)11-9-13/h8-11,15,18H,5-7,12H2,1-4H3. The summed E-state index contributed by atoms with van der Waals surface area (Å²) < 4.78 is 0. The second-order valence-corrected chi connectivity index (χ2v) is 6.23. The second kappa shape index (κ2) is 7.16. The molecule has 0 spiro atoms. The zero-order chi connectivity index (χ0) is 13.6. The van der Waals surface area contributed by atoms with Gasteiger partial charge in [0.1, 0.15) is 0 Å². The SMILES string of the molecule is CCCC(NCC(C)(C)CC)c1ccc(Cl)cc1. The molecule has 1 rings (SSSR count). The van der Waals surface area contributed by atoms with Crippen molar-refractivity contribution >= 4 is 11.6 Å². The molecule has 1 nitrogen and oxygen atoms in total. The third kappa shape index (κ3) is 4.99. The van der Waals surface area contributed by atoms with Crippen LogP contribution in [-0.4, -0.2) is 6.54 Å². The van der Waals surface area contributed by atoms with Crippen LogP contribution in [0.15, 0.2) is 24.3 Å². The number of hydrogen-bond donors (Lipinski definition) is 1. The van der Waals surface area contributed by atoms with E-state index in [1.807, 2.05) is 12.1 Å². The maximum Gasteiger partial charge on any atom is 0.0406 e. The van der Waals surface area contributed by atoms with Gasteiger partial charge in [0.2, 0.25) is 0 Å². The van der Waals surface area contributed by atoms with E-state index in [4.69, 9.17) is 11.6 Å². The molecule has 2 heteroatoms. The maximum atomic E-state index is 5.95. The molecule has 0 radical (unpaired) electrons. The van der Waals surface area contributed by atoms with Crippen molar-refractivity contribution in [1.82, 2.24) is 5.32 Å². The highest BCUT2D eigenvalue weighted by atomic mass is 35.5. The van der Waals surface area contributed by atoms with Crippen molar-refractivity contribution in [1.29, 1.82) is 0 Å². The van der Waals surface area contributed by atoms with E-state index in [0.29, 0.717) is 11.5 Å². The van der Waals surface area contributed by atoms with Crippen LogP contribution in [0.4, 0.5) is 0 Å². The van der Waals surface area contributed by atoms with Crippen LogP contribution < -0.4 is 5.32 Å². The van der Waals surface area contributed by atoms with Crippen molar-refractivity contribution in [3.8, 4) is 0 Å². The summed E-state index contributed by atoms with van der Waals surface area (Å²) in [5, 5.41) is 4.51. The fraction of sp³-hybridized carbons (Fsp3) is 0.625. The molecule has 0 heterocycles. The Morgan fingerprint density at radius 3 is 2.28 bits per heavy atom. The van der Waals surface area contributed by atoms with Gasteiger partial charge in [0.25, 0.3) is 0 Å². The van der Waals surface area contributed by atoms with Gasteiger partial charge in [-0.3, -0.25) is 0 Å². The van der Waals surface area contributed by atoms with Gasteiger partial charge in [0, 0.05) is 17.6 Å². The lowest BCUT2D eigenvalue weighted by atomic mass is 9.89. The first-order valence-electron chi connectivity index (χ1n) is 6.97. The van der Waals surface area contributed by atoms with Gasteiger partial charge in [0.05, 0.1) is 0 Å². The Morgan fingerprint density at radius 1 is 1.17 bits per heavy atom. The number of hydrogen-bond acceptors (Lipinski definition) is 1. The minimum Gasteiger partial charge on any atom is -0.309 e. The lowest BCUT2D eigenvalue weighted by Crippen LogP contribution is -2.32. The van der Waals surface area contributed by atoms with E-state index < -0.39 is 0 Å². The summed E-state index contributed by atoms with van der Waals surface area (Å²) in [7, 11) is 0. The van der Waals surface area contributed by atoms with Crippen LogP contribution in [0.2, 0.25) is 5.02 Å². The number of rotatable bonds is 7. The Labute approximate surface area is 117 Å². The molecule has 0 bridgehead atoms. The Hall–Kier alpha value is -0.530. The van der Waals surface area contributed by atoms with Gasteiger partial charge in [-0.25, -0.2) is 0 Å². The van der Waals surface area contributed by atoms with E-state index in [-0.39, 0.29) is 0 Å². The molecular weight excluding hydrogens is 242 g/mol. The summed E-state index contributed by atoms with van der Waals surface area (Å²) in [6.07, 6.45) is 3.55. The molecule has 1 N–H and O–H groups in total. The van der Waals surface area contributed by atoms with E-state index in [1.54, 1.807) is 0 Å². The number of benzene rings is 1.